The van der Waals surface area contributed by atoms with Crippen LogP contribution in [0.5, 0.6) is 0 Å². The summed E-state index contributed by atoms with van der Waals surface area (Å²) in [6.07, 6.45) is 0.431. The van der Waals surface area contributed by atoms with Crippen LogP contribution in [0.2, 0.25) is 5.02 Å². The van der Waals surface area contributed by atoms with Crippen molar-refractivity contribution in [2.75, 3.05) is 6.54 Å². The summed E-state index contributed by atoms with van der Waals surface area (Å²) in [5.41, 5.74) is 0.426. The summed E-state index contributed by atoms with van der Waals surface area (Å²) in [5.74, 6) is 0. The molecule has 22 heavy (non-hydrogen) atoms. The van der Waals surface area contributed by atoms with Crippen LogP contribution in [-0.4, -0.2) is 19.9 Å². The summed E-state index contributed by atoms with van der Waals surface area (Å²) in [6.45, 7) is 0.120. The second-order valence-corrected chi connectivity index (χ2v) is 6.67. The number of hydrogen-bond donors (Lipinski definition) is 1. The van der Waals surface area contributed by atoms with Gasteiger partial charge in [0.25, 0.3) is 5.69 Å². The Kier molecular flexibility index (Phi) is 5.12. The molecular weight excluding hydrogens is 328 g/mol. The van der Waals surface area contributed by atoms with Gasteiger partial charge in [0.05, 0.1) is 4.92 Å². The maximum Gasteiger partial charge on any atom is 0.289 e. The number of hydrogen-bond acceptors (Lipinski definition) is 4. The van der Waals surface area contributed by atoms with Gasteiger partial charge in [-0.2, -0.15) is 0 Å². The molecule has 116 valence electrons. The lowest BCUT2D eigenvalue weighted by Crippen LogP contribution is -2.26. The van der Waals surface area contributed by atoms with Crippen LogP contribution in [0.25, 0.3) is 0 Å². The summed E-state index contributed by atoms with van der Waals surface area (Å²) in [5, 5.41) is 11.5. The van der Waals surface area contributed by atoms with Crippen molar-refractivity contribution in [3.8, 4) is 0 Å². The van der Waals surface area contributed by atoms with Gasteiger partial charge >= 0.3 is 0 Å². The molecular formula is C14H13ClN2O4S. The molecule has 0 saturated carbocycles. The van der Waals surface area contributed by atoms with Crippen LogP contribution in [0.1, 0.15) is 5.56 Å². The van der Waals surface area contributed by atoms with Crippen molar-refractivity contribution in [1.82, 2.24) is 4.72 Å². The zero-order valence-corrected chi connectivity index (χ0v) is 13.0. The zero-order valence-electron chi connectivity index (χ0n) is 11.4. The van der Waals surface area contributed by atoms with Gasteiger partial charge in [-0.1, -0.05) is 35.9 Å². The third-order valence-corrected chi connectivity index (χ3v) is 4.69. The minimum Gasteiger partial charge on any atom is -0.258 e. The van der Waals surface area contributed by atoms with Crippen LogP contribution in [0.4, 0.5) is 5.69 Å². The molecule has 0 bridgehead atoms. The van der Waals surface area contributed by atoms with Gasteiger partial charge in [-0.15, -0.1) is 0 Å². The molecule has 0 aliphatic heterocycles. The Labute approximate surface area is 132 Å². The largest absolute Gasteiger partial charge is 0.289 e. The number of halogens is 1. The van der Waals surface area contributed by atoms with Crippen molar-refractivity contribution >= 4 is 27.3 Å². The molecule has 2 rings (SSSR count). The number of nitrogens with one attached hydrogen (secondary N) is 1. The fourth-order valence-electron chi connectivity index (χ4n) is 1.94. The molecule has 8 heteroatoms. The Morgan fingerprint density at radius 1 is 1.14 bits per heavy atom. The molecule has 1 N–H and O–H groups in total. The number of nitro groups is 1. The molecule has 0 radical (unpaired) electrons. The highest BCUT2D eigenvalue weighted by molar-refractivity contribution is 7.89. The lowest BCUT2D eigenvalue weighted by Gasteiger charge is -2.07. The van der Waals surface area contributed by atoms with Crippen molar-refractivity contribution in [2.45, 2.75) is 11.3 Å². The first kappa shape index (κ1) is 16.4. The van der Waals surface area contributed by atoms with Crippen molar-refractivity contribution in [1.29, 1.82) is 0 Å². The standard InChI is InChI=1S/C14H13ClN2O4S/c15-12-5-3-4-11(10-12)8-9-16-22(20,21)14-7-2-1-6-13(14)17(18)19/h1-7,10,16H,8-9H2. The summed E-state index contributed by atoms with van der Waals surface area (Å²) in [7, 11) is -3.94. The fraction of sp³-hybridized carbons (Fsp3) is 0.143. The molecule has 0 spiro atoms. The maximum atomic E-state index is 12.2. The van der Waals surface area contributed by atoms with Gasteiger partial charge in [0, 0.05) is 17.6 Å². The van der Waals surface area contributed by atoms with E-state index in [9.17, 15) is 18.5 Å². The van der Waals surface area contributed by atoms with Gasteiger partial charge < -0.3 is 0 Å². The molecule has 0 atom stereocenters. The number of rotatable bonds is 6. The van der Waals surface area contributed by atoms with E-state index in [1.165, 1.54) is 18.2 Å². The molecule has 0 fully saturated rings. The van der Waals surface area contributed by atoms with Crippen molar-refractivity contribution < 1.29 is 13.3 Å². The monoisotopic (exact) mass is 340 g/mol. The predicted octanol–water partition coefficient (Wildman–Crippen LogP) is 2.77. The maximum absolute atomic E-state index is 12.2. The Balaban J connectivity index is 2.10. The van der Waals surface area contributed by atoms with Gasteiger partial charge in [-0.25, -0.2) is 13.1 Å². The molecule has 0 aromatic heterocycles. The second-order valence-electron chi connectivity index (χ2n) is 4.50. The molecule has 0 aliphatic rings. The topological polar surface area (TPSA) is 89.3 Å². The Hall–Kier alpha value is -1.96. The van der Waals surface area contributed by atoms with E-state index < -0.39 is 20.6 Å². The number of nitro benzene ring substituents is 1. The van der Waals surface area contributed by atoms with E-state index in [4.69, 9.17) is 11.6 Å². The normalized spacial score (nSPS) is 11.3. The third-order valence-electron chi connectivity index (χ3n) is 2.95. The van der Waals surface area contributed by atoms with Crippen LogP contribution in [-0.2, 0) is 16.4 Å². The first-order valence-corrected chi connectivity index (χ1v) is 8.24. The number of para-hydroxylation sites is 1. The summed E-state index contributed by atoms with van der Waals surface area (Å²) in [4.78, 5) is 9.84. The fourth-order valence-corrected chi connectivity index (χ4v) is 3.35. The van der Waals surface area contributed by atoms with E-state index in [2.05, 4.69) is 4.72 Å². The summed E-state index contributed by atoms with van der Waals surface area (Å²) < 4.78 is 26.7. The lowest BCUT2D eigenvalue weighted by molar-refractivity contribution is -0.387. The highest BCUT2D eigenvalue weighted by Gasteiger charge is 2.24. The third kappa shape index (κ3) is 4.03. The quantitative estimate of drug-likeness (QED) is 0.646. The van der Waals surface area contributed by atoms with E-state index in [1.807, 2.05) is 6.07 Å². The molecule has 0 unspecified atom stereocenters. The minimum absolute atomic E-state index is 0.120. The van der Waals surface area contributed by atoms with Crippen LogP contribution >= 0.6 is 11.6 Å². The van der Waals surface area contributed by atoms with E-state index >= 15 is 0 Å². The van der Waals surface area contributed by atoms with E-state index in [0.717, 1.165) is 11.6 Å². The zero-order chi connectivity index (χ0) is 16.2. The first-order chi connectivity index (χ1) is 10.4. The number of benzene rings is 2. The SMILES string of the molecule is O=[N+]([O-])c1ccccc1S(=O)(=O)NCCc1cccc(Cl)c1. The van der Waals surface area contributed by atoms with Gasteiger partial charge in [-0.3, -0.25) is 10.1 Å². The molecule has 6 nitrogen and oxygen atoms in total. The Bertz CT molecular complexity index is 793. The number of sulfonamides is 1. The van der Waals surface area contributed by atoms with Gasteiger partial charge in [0.1, 0.15) is 0 Å². The Morgan fingerprint density at radius 2 is 1.86 bits per heavy atom. The summed E-state index contributed by atoms with van der Waals surface area (Å²) >= 11 is 5.85. The lowest BCUT2D eigenvalue weighted by atomic mass is 10.2. The van der Waals surface area contributed by atoms with E-state index in [1.54, 1.807) is 18.2 Å². The second kappa shape index (κ2) is 6.87. The van der Waals surface area contributed by atoms with Crippen molar-refractivity contribution in [2.24, 2.45) is 0 Å². The van der Waals surface area contributed by atoms with Crippen LogP contribution in [0.3, 0.4) is 0 Å². The molecule has 0 saturated heterocycles. The average molecular weight is 341 g/mol. The first-order valence-electron chi connectivity index (χ1n) is 6.38. The summed E-state index contributed by atoms with van der Waals surface area (Å²) in [6, 6.07) is 12.3. The molecule has 2 aromatic carbocycles. The van der Waals surface area contributed by atoms with Crippen LogP contribution in [0.15, 0.2) is 53.4 Å². The van der Waals surface area contributed by atoms with E-state index in [-0.39, 0.29) is 11.4 Å². The van der Waals surface area contributed by atoms with Crippen molar-refractivity contribution in [3.63, 3.8) is 0 Å². The molecule has 0 heterocycles. The van der Waals surface area contributed by atoms with Crippen LogP contribution < -0.4 is 4.72 Å². The average Bonchev–Trinajstić information content (AvgIpc) is 2.47. The predicted molar refractivity (Wildman–Crippen MR) is 83.4 cm³/mol. The van der Waals surface area contributed by atoms with Gasteiger partial charge in [0.15, 0.2) is 4.90 Å². The molecule has 0 aliphatic carbocycles. The van der Waals surface area contributed by atoms with Gasteiger partial charge in [0.2, 0.25) is 10.0 Å². The van der Waals surface area contributed by atoms with Gasteiger partial charge in [-0.05, 0) is 30.2 Å². The van der Waals surface area contributed by atoms with Crippen LogP contribution in [0, 0.1) is 10.1 Å². The Morgan fingerprint density at radius 3 is 2.55 bits per heavy atom. The molecule has 0 amide bonds. The smallest absolute Gasteiger partial charge is 0.258 e. The molecule has 2 aromatic rings. The minimum atomic E-state index is -3.94. The number of nitrogens with zero attached hydrogens (tertiary/aromatic N) is 1. The van der Waals surface area contributed by atoms with E-state index in [0.29, 0.717) is 11.4 Å². The van der Waals surface area contributed by atoms with Crippen molar-refractivity contribution in [3.05, 3.63) is 69.2 Å². The highest BCUT2D eigenvalue weighted by atomic mass is 35.5. The highest BCUT2D eigenvalue weighted by Crippen LogP contribution is 2.22.